The van der Waals surface area contributed by atoms with Crippen LogP contribution >= 0.6 is 11.3 Å². The lowest BCUT2D eigenvalue weighted by atomic mass is 10.5. The molecule has 0 N–H and O–H groups in total. The number of hydrogen-bond donors (Lipinski definition) is 0. The zero-order valence-corrected chi connectivity index (χ0v) is 9.32. The molecule has 0 spiro atoms. The quantitative estimate of drug-likeness (QED) is 0.567. The summed E-state index contributed by atoms with van der Waals surface area (Å²) in [5.74, 6) is -0.531. The molecule has 0 amide bonds. The molecule has 6 nitrogen and oxygen atoms in total. The third-order valence-electron chi connectivity index (χ3n) is 1.68. The predicted octanol–water partition coefficient (Wildman–Crippen LogP) is 0.783. The molecular weight excluding hydrogens is 228 g/mol. The molecule has 0 aliphatic heterocycles. The first-order valence-electron chi connectivity index (χ1n) is 4.25. The van der Waals surface area contributed by atoms with E-state index in [1.165, 1.54) is 28.7 Å². The van der Waals surface area contributed by atoms with Crippen LogP contribution in [-0.2, 0) is 4.74 Å². The Kier molecular flexibility index (Phi) is 4.25. The molecule has 0 radical (unpaired) electrons. The van der Waals surface area contributed by atoms with E-state index in [1.807, 2.05) is 12.1 Å². The number of esters is 1. The van der Waals surface area contributed by atoms with Gasteiger partial charge < -0.3 is 9.64 Å². The number of nitrogens with zero attached hydrogens (tertiary/aromatic N) is 4. The summed E-state index contributed by atoms with van der Waals surface area (Å²) in [5.41, 5.74) is 0.184. The standard InChI is InChI=1S/C9H8N4O2S/c1-15-8(14)7-6-16-9(12-7)13(4-2-10)5-3-11/h6H,4-5H2,1H3. The van der Waals surface area contributed by atoms with Gasteiger partial charge in [-0.05, 0) is 0 Å². The normalized spacial score (nSPS) is 8.94. The van der Waals surface area contributed by atoms with Gasteiger partial charge in [-0.2, -0.15) is 10.5 Å². The number of carbonyl (C=O) groups excluding carboxylic acids is 1. The number of hydrogen-bond acceptors (Lipinski definition) is 7. The summed E-state index contributed by atoms with van der Waals surface area (Å²) in [7, 11) is 1.27. The van der Waals surface area contributed by atoms with Gasteiger partial charge in [0.05, 0.1) is 19.2 Å². The molecule has 0 unspecified atom stereocenters. The van der Waals surface area contributed by atoms with Crippen molar-refractivity contribution in [2.45, 2.75) is 0 Å². The van der Waals surface area contributed by atoms with Crippen molar-refractivity contribution >= 4 is 22.4 Å². The molecule has 0 aliphatic rings. The number of aromatic nitrogens is 1. The molecule has 1 aromatic rings. The van der Waals surface area contributed by atoms with Crippen LogP contribution in [0.5, 0.6) is 0 Å². The van der Waals surface area contributed by atoms with Crippen LogP contribution in [0.15, 0.2) is 5.38 Å². The smallest absolute Gasteiger partial charge is 0.357 e. The van der Waals surface area contributed by atoms with E-state index in [4.69, 9.17) is 10.5 Å². The van der Waals surface area contributed by atoms with Crippen LogP contribution in [-0.4, -0.2) is 31.2 Å². The maximum atomic E-state index is 11.1. The van der Waals surface area contributed by atoms with Crippen LogP contribution in [0.25, 0.3) is 0 Å². The maximum Gasteiger partial charge on any atom is 0.357 e. The summed E-state index contributed by atoms with van der Waals surface area (Å²) in [6.45, 7) is 0.114. The molecule has 16 heavy (non-hydrogen) atoms. The Hall–Kier alpha value is -2.12. The van der Waals surface area contributed by atoms with Gasteiger partial charge in [-0.3, -0.25) is 0 Å². The van der Waals surface area contributed by atoms with Crippen LogP contribution < -0.4 is 4.90 Å². The summed E-state index contributed by atoms with van der Waals surface area (Å²) in [6, 6.07) is 3.86. The molecule has 0 fully saturated rings. The van der Waals surface area contributed by atoms with Crippen molar-refractivity contribution < 1.29 is 9.53 Å². The van der Waals surface area contributed by atoms with Crippen molar-refractivity contribution in [3.63, 3.8) is 0 Å². The monoisotopic (exact) mass is 236 g/mol. The summed E-state index contributed by atoms with van der Waals surface area (Å²) in [4.78, 5) is 16.6. The second-order valence-corrected chi connectivity index (χ2v) is 3.52. The molecular formula is C9H8N4O2S. The van der Waals surface area contributed by atoms with Gasteiger partial charge in [0.2, 0.25) is 0 Å². The second kappa shape index (κ2) is 5.69. The van der Waals surface area contributed by atoms with Gasteiger partial charge >= 0.3 is 5.97 Å². The zero-order chi connectivity index (χ0) is 12.0. The molecule has 7 heteroatoms. The van der Waals surface area contributed by atoms with Crippen molar-refractivity contribution in [1.82, 2.24) is 4.98 Å². The van der Waals surface area contributed by atoms with Gasteiger partial charge in [0, 0.05) is 5.38 Å². The lowest BCUT2D eigenvalue weighted by Crippen LogP contribution is -2.23. The highest BCUT2D eigenvalue weighted by molar-refractivity contribution is 7.13. The summed E-state index contributed by atoms with van der Waals surface area (Å²) < 4.78 is 4.51. The minimum absolute atomic E-state index is 0.0572. The first kappa shape index (κ1) is 12.0. The van der Waals surface area contributed by atoms with E-state index in [9.17, 15) is 4.79 Å². The average molecular weight is 236 g/mol. The largest absolute Gasteiger partial charge is 0.464 e. The number of anilines is 1. The fraction of sp³-hybridized carbons (Fsp3) is 0.333. The maximum absolute atomic E-state index is 11.1. The first-order chi connectivity index (χ1) is 7.72. The van der Waals surface area contributed by atoms with Crippen LogP contribution in [0.4, 0.5) is 5.13 Å². The number of ether oxygens (including phenoxy) is 1. The first-order valence-corrected chi connectivity index (χ1v) is 5.13. The van der Waals surface area contributed by atoms with Crippen LogP contribution in [0.2, 0.25) is 0 Å². The van der Waals surface area contributed by atoms with Crippen molar-refractivity contribution in [3.8, 4) is 12.1 Å². The van der Waals surface area contributed by atoms with Crippen LogP contribution in [0.3, 0.4) is 0 Å². The second-order valence-electron chi connectivity index (χ2n) is 2.68. The van der Waals surface area contributed by atoms with E-state index in [-0.39, 0.29) is 18.8 Å². The van der Waals surface area contributed by atoms with Gasteiger partial charge in [-0.15, -0.1) is 11.3 Å². The Morgan fingerprint density at radius 1 is 1.56 bits per heavy atom. The van der Waals surface area contributed by atoms with E-state index in [2.05, 4.69) is 9.72 Å². The van der Waals surface area contributed by atoms with Crippen molar-refractivity contribution in [3.05, 3.63) is 11.1 Å². The fourth-order valence-electron chi connectivity index (χ4n) is 0.970. The summed E-state index contributed by atoms with van der Waals surface area (Å²) in [6.07, 6.45) is 0. The van der Waals surface area contributed by atoms with Gasteiger partial charge in [0.25, 0.3) is 0 Å². The highest BCUT2D eigenvalue weighted by Crippen LogP contribution is 2.20. The van der Waals surface area contributed by atoms with Crippen molar-refractivity contribution in [2.24, 2.45) is 0 Å². The van der Waals surface area contributed by atoms with E-state index in [0.29, 0.717) is 5.13 Å². The Bertz CT molecular complexity index is 441. The molecule has 0 saturated heterocycles. The van der Waals surface area contributed by atoms with E-state index >= 15 is 0 Å². The fourth-order valence-corrected chi connectivity index (χ4v) is 1.76. The molecule has 1 rings (SSSR count). The molecule has 0 aromatic carbocycles. The van der Waals surface area contributed by atoms with Crippen molar-refractivity contribution in [1.29, 1.82) is 10.5 Å². The molecule has 0 atom stereocenters. The Labute approximate surface area is 96.3 Å². The Morgan fingerprint density at radius 2 is 2.19 bits per heavy atom. The Morgan fingerprint density at radius 3 is 2.69 bits per heavy atom. The van der Waals surface area contributed by atoms with Crippen molar-refractivity contribution in [2.75, 3.05) is 25.1 Å². The number of nitriles is 2. The Balaban J connectivity index is 2.87. The minimum atomic E-state index is -0.531. The zero-order valence-electron chi connectivity index (χ0n) is 8.51. The molecule has 0 saturated carbocycles. The van der Waals surface area contributed by atoms with Gasteiger partial charge in [-0.25, -0.2) is 9.78 Å². The highest BCUT2D eigenvalue weighted by atomic mass is 32.1. The van der Waals surface area contributed by atoms with Crippen LogP contribution in [0, 0.1) is 22.7 Å². The van der Waals surface area contributed by atoms with Gasteiger partial charge in [0.15, 0.2) is 10.8 Å². The molecule has 1 aromatic heterocycles. The number of methoxy groups -OCH3 is 1. The number of carbonyl (C=O) groups is 1. The van der Waals surface area contributed by atoms with Gasteiger partial charge in [0.1, 0.15) is 13.1 Å². The van der Waals surface area contributed by atoms with E-state index in [1.54, 1.807) is 0 Å². The van der Waals surface area contributed by atoms with E-state index < -0.39 is 5.97 Å². The summed E-state index contributed by atoms with van der Waals surface area (Å²) >= 11 is 1.19. The van der Waals surface area contributed by atoms with E-state index in [0.717, 1.165) is 0 Å². The topological polar surface area (TPSA) is 90.0 Å². The molecule has 1 heterocycles. The van der Waals surface area contributed by atoms with Crippen LogP contribution in [0.1, 0.15) is 10.5 Å². The highest BCUT2D eigenvalue weighted by Gasteiger charge is 2.14. The van der Waals surface area contributed by atoms with Gasteiger partial charge in [-0.1, -0.05) is 0 Å². The average Bonchev–Trinajstić information content (AvgIpc) is 2.77. The molecule has 0 bridgehead atoms. The summed E-state index contributed by atoms with van der Waals surface area (Å²) in [5, 5.41) is 19.1. The third kappa shape index (κ3) is 2.69. The molecule has 0 aliphatic carbocycles. The number of rotatable bonds is 4. The lowest BCUT2D eigenvalue weighted by molar-refractivity contribution is 0.0595. The lowest BCUT2D eigenvalue weighted by Gasteiger charge is -2.12. The minimum Gasteiger partial charge on any atom is -0.464 e. The predicted molar refractivity (Wildman–Crippen MR) is 56.9 cm³/mol. The molecule has 82 valence electrons. The number of thiazole rings is 1. The third-order valence-corrected chi connectivity index (χ3v) is 2.58. The SMILES string of the molecule is COC(=O)c1csc(N(CC#N)CC#N)n1.